The Morgan fingerprint density at radius 2 is 0.787 bits per heavy atom. The van der Waals surface area contributed by atoms with Crippen LogP contribution in [0.3, 0.4) is 0 Å². The van der Waals surface area contributed by atoms with Crippen LogP contribution in [0.25, 0.3) is 32.7 Å². The fourth-order valence-corrected chi connectivity index (χ4v) is 7.51. The van der Waals surface area contributed by atoms with Crippen LogP contribution in [0, 0.1) is 0 Å². The predicted octanol–water partition coefficient (Wildman–Crippen LogP) is -0.488. The number of aliphatic hydroxyl groups excluding tert-OH is 6. The van der Waals surface area contributed by atoms with Crippen molar-refractivity contribution in [2.24, 2.45) is 20.5 Å². The first-order chi connectivity index (χ1) is 34.5. The fourth-order valence-electron chi connectivity index (χ4n) is 5.90. The maximum Gasteiger partial charge on any atom is 2.00 e. The zero-order valence-corrected chi connectivity index (χ0v) is 43.1. The van der Waals surface area contributed by atoms with Crippen LogP contribution in [0.1, 0.15) is 4.28 Å². The van der Waals surface area contributed by atoms with Crippen molar-refractivity contribution in [2.75, 3.05) is 78.9 Å². The Balaban J connectivity index is -0.00000183. The average Bonchev–Trinajstić information content (AvgIpc) is 3.34. The summed E-state index contributed by atoms with van der Waals surface area (Å²) in [7, 11) is -15.2. The van der Waals surface area contributed by atoms with Gasteiger partial charge in [-0.15, -0.1) is 0 Å². The third-order valence-corrected chi connectivity index (χ3v) is 11.8. The van der Waals surface area contributed by atoms with Gasteiger partial charge in [0.2, 0.25) is 0 Å². The molecular weight excluding hydrogens is 1150 g/mol. The molecule has 75 heavy (non-hydrogen) atoms. The monoisotopic (exact) mass is 1200 g/mol. The molecule has 0 saturated carbocycles. The number of azo groups is 2. The van der Waals surface area contributed by atoms with E-state index >= 15 is 0 Å². The molecule has 0 aliphatic carbocycles. The summed E-state index contributed by atoms with van der Waals surface area (Å²) < 4.78 is 104. The summed E-state index contributed by atoms with van der Waals surface area (Å²) in [4.78, 5) is -2.58. The number of hydrogen-bond acceptors (Lipinski definition) is 26. The van der Waals surface area contributed by atoms with Crippen LogP contribution in [0.2, 0.25) is 0 Å². The maximum absolute atomic E-state index is 12.9. The predicted molar refractivity (Wildman–Crippen MR) is 254 cm³/mol. The van der Waals surface area contributed by atoms with Gasteiger partial charge in [-0.05, 0) is 64.4 Å². The minimum atomic E-state index is -5.40. The number of nitrogens with zero attached hydrogens (tertiary/aromatic N) is 4. The van der Waals surface area contributed by atoms with Gasteiger partial charge in [0, 0.05) is 54.9 Å². The van der Waals surface area contributed by atoms with E-state index < -0.39 is 73.7 Å². The van der Waals surface area contributed by atoms with E-state index in [9.17, 15) is 59.3 Å². The quantitative estimate of drug-likeness (QED) is 0.0202. The number of nitrogens with one attached hydrogen (secondary N) is 3. The second kappa shape index (κ2) is 32.9. The van der Waals surface area contributed by atoms with Crippen molar-refractivity contribution in [1.82, 2.24) is 16.0 Å². The van der Waals surface area contributed by atoms with Gasteiger partial charge in [0.15, 0.2) is 0 Å². The first-order valence-electron chi connectivity index (χ1n) is 21.2. The third-order valence-electron chi connectivity index (χ3n) is 9.28. The Labute approximate surface area is 455 Å². The molecule has 31 heteroatoms. The van der Waals surface area contributed by atoms with Crippen LogP contribution in [-0.4, -0.2) is 148 Å². The van der Waals surface area contributed by atoms with E-state index in [2.05, 4.69) is 36.4 Å². The molecule has 9 N–H and O–H groups in total. The molecule has 0 aliphatic heterocycles. The number of rotatable bonds is 20. The number of fused-ring (bicyclic) bond motifs is 2. The maximum atomic E-state index is 12.9. The normalized spacial score (nSPS) is 11.5. The number of hydrogen-bond donors (Lipinski definition) is 9. The fraction of sp³-hybridized carbons (Fsp3) is 0.273. The van der Waals surface area contributed by atoms with Crippen LogP contribution < -0.4 is 36.4 Å². The van der Waals surface area contributed by atoms with E-state index in [1.807, 2.05) is 0 Å². The molecule has 0 amide bonds. The molecule has 0 bridgehead atoms. The molecule has 6 rings (SSSR count). The third kappa shape index (κ3) is 21.3. The molecule has 6 aromatic carbocycles. The van der Waals surface area contributed by atoms with Crippen molar-refractivity contribution in [3.05, 3.63) is 91.0 Å². The SMILES string of the molecule is O=S(=O)([O-])c1ccc2c(N=Nc3ccc(-c4ccc(N=Nc5c([O-])c(S(=O)(=O)[O-])cc6cc(S(=O)(=O)[O-])ccc56)c([O-])c4)cc3[O-])c([O-])ccc2c1.OCCNCCO.OCCNCCO.OCCNCCO.[Cu+2].[Cu+2].[H+].[H+].[H+]. The van der Waals surface area contributed by atoms with Crippen LogP contribution in [0.5, 0.6) is 23.0 Å². The smallest absolute Gasteiger partial charge is 0.871 e. The summed E-state index contributed by atoms with van der Waals surface area (Å²) in [6.07, 6.45) is 0. The van der Waals surface area contributed by atoms with Crippen LogP contribution in [-0.2, 0) is 64.5 Å². The second-order valence-electron chi connectivity index (χ2n) is 14.4. The molecule has 0 aliphatic rings. The topological polar surface area (TPSA) is 471 Å². The Bertz CT molecular complexity index is 3180. The number of aliphatic hydroxyl groups is 6. The zero-order chi connectivity index (χ0) is 54.4. The van der Waals surface area contributed by atoms with E-state index in [0.717, 1.165) is 48.5 Å². The van der Waals surface area contributed by atoms with Crippen molar-refractivity contribution >= 4 is 74.6 Å². The molecule has 26 nitrogen and oxygen atoms in total. The van der Waals surface area contributed by atoms with E-state index in [1.54, 1.807) is 0 Å². The molecule has 0 heterocycles. The number of benzene rings is 6. The molecule has 6 aromatic rings. The van der Waals surface area contributed by atoms with Gasteiger partial charge in [0.1, 0.15) is 30.4 Å². The molecular formula is C44H51Cu2N7O19S3. The van der Waals surface area contributed by atoms with Crippen molar-refractivity contribution in [2.45, 2.75) is 14.7 Å². The second-order valence-corrected chi connectivity index (χ2v) is 18.6. The Kier molecular flexibility index (Phi) is 29.7. The van der Waals surface area contributed by atoms with E-state index in [-0.39, 0.29) is 128 Å². The summed E-state index contributed by atoms with van der Waals surface area (Å²) in [6, 6.07) is 16.3. The average molecular weight is 1210 g/mol. The van der Waals surface area contributed by atoms with Crippen molar-refractivity contribution in [3.8, 4) is 34.1 Å². The van der Waals surface area contributed by atoms with Gasteiger partial charge >= 0.3 is 38.4 Å². The minimum Gasteiger partial charge on any atom is -0.871 e. The first kappa shape index (κ1) is 67.7. The van der Waals surface area contributed by atoms with E-state index in [4.69, 9.17) is 30.6 Å². The Morgan fingerprint density at radius 3 is 1.15 bits per heavy atom. The van der Waals surface area contributed by atoms with Gasteiger partial charge in [-0.25, -0.2) is 25.3 Å². The molecule has 0 aromatic heterocycles. The molecule has 0 spiro atoms. The van der Waals surface area contributed by atoms with Gasteiger partial charge in [-0.1, -0.05) is 71.5 Å². The summed E-state index contributed by atoms with van der Waals surface area (Å²) >= 11 is 0. The van der Waals surface area contributed by atoms with Crippen molar-refractivity contribution in [1.29, 1.82) is 0 Å². The molecule has 0 atom stereocenters. The zero-order valence-electron chi connectivity index (χ0n) is 41.8. The van der Waals surface area contributed by atoms with Gasteiger partial charge in [-0.2, -0.15) is 20.5 Å². The molecule has 0 saturated heterocycles. The van der Waals surface area contributed by atoms with Crippen LogP contribution in [0.15, 0.2) is 126 Å². The van der Waals surface area contributed by atoms with Gasteiger partial charge in [0.05, 0.1) is 72.2 Å². The molecule has 2 radical (unpaired) electrons. The van der Waals surface area contributed by atoms with Gasteiger partial charge < -0.3 is 80.7 Å². The van der Waals surface area contributed by atoms with Gasteiger partial charge in [0.25, 0.3) is 0 Å². The summed E-state index contributed by atoms with van der Waals surface area (Å²) in [5, 5.41) is 123. The Hall–Kier alpha value is -5.35. The van der Waals surface area contributed by atoms with E-state index in [1.165, 1.54) is 36.4 Å². The first-order valence-corrected chi connectivity index (χ1v) is 25.4. The summed E-state index contributed by atoms with van der Waals surface area (Å²) in [5.41, 5.74) is -1.02. The summed E-state index contributed by atoms with van der Waals surface area (Å²) in [6.45, 7) is 4.25. The molecule has 0 unspecified atom stereocenters. The molecule has 416 valence electrons. The standard InChI is InChI=1S/C32H22N4O13S3.3C4H11NO2.2Cu/c37-26-10-3-18-11-20(50(41,42)43)4-6-22(18)30(26)35-33-24-8-1-16(13-27(24)38)17-2-9-25(28(39)14-17)34-36-31-23-7-5-21(51(44,45)46)12-19(23)15-29(32(31)40)52(47,48)49;3*6-3-1-5-2-4-7;;/h1-15,37-40H,(H,41,42,43)(H,44,45,46)(H,47,48,49);3*5-7H,1-4H2;;/q;;;;2*+2/p-4. The van der Waals surface area contributed by atoms with Crippen LogP contribution in [0.4, 0.5) is 22.7 Å². The van der Waals surface area contributed by atoms with Crippen molar-refractivity contribution in [3.63, 3.8) is 0 Å². The van der Waals surface area contributed by atoms with Gasteiger partial charge in [-0.3, -0.25) is 0 Å². The summed E-state index contributed by atoms with van der Waals surface area (Å²) in [5.74, 6) is -3.41. The van der Waals surface area contributed by atoms with E-state index in [0.29, 0.717) is 45.3 Å². The Morgan fingerprint density at radius 1 is 0.413 bits per heavy atom. The van der Waals surface area contributed by atoms with Crippen LogP contribution >= 0.6 is 0 Å². The van der Waals surface area contributed by atoms with Crippen molar-refractivity contribution < 1.29 is 128 Å². The largest absolute Gasteiger partial charge is 2.00 e. The molecule has 0 fully saturated rings. The minimum absolute atomic E-state index is 0.